The molecule has 140 valence electrons. The second-order valence-corrected chi connectivity index (χ2v) is 7.43. The molecule has 0 spiro atoms. The summed E-state index contributed by atoms with van der Waals surface area (Å²) in [4.78, 5) is 10.2. The summed E-state index contributed by atoms with van der Waals surface area (Å²) in [5.41, 5.74) is 3.95. The fraction of sp³-hybridized carbons (Fsp3) is 0.208. The van der Waals surface area contributed by atoms with Gasteiger partial charge in [-0.1, -0.05) is 36.4 Å². The van der Waals surface area contributed by atoms with Crippen molar-refractivity contribution in [2.24, 2.45) is 0 Å². The molecule has 0 radical (unpaired) electrons. The smallest absolute Gasteiger partial charge is 0.219 e. The number of nitrogens with zero attached hydrogens (tertiary/aromatic N) is 2. The lowest BCUT2D eigenvalue weighted by Gasteiger charge is -2.16. The Morgan fingerprint density at radius 1 is 1.04 bits per heavy atom. The number of hydrogen-bond donors (Lipinski definition) is 1. The van der Waals surface area contributed by atoms with Gasteiger partial charge in [-0.25, -0.2) is 4.98 Å². The van der Waals surface area contributed by atoms with Gasteiger partial charge in [-0.2, -0.15) is 0 Å². The molecular formula is C24H23N3O. The first-order valence-electron chi connectivity index (χ1n) is 9.81. The Bertz CT molecular complexity index is 1070. The van der Waals surface area contributed by atoms with E-state index < -0.39 is 0 Å². The van der Waals surface area contributed by atoms with Crippen LogP contribution in [0.3, 0.4) is 0 Å². The zero-order valence-corrected chi connectivity index (χ0v) is 15.7. The molecule has 28 heavy (non-hydrogen) atoms. The SMILES string of the molecule is c1ccc(Oc2cccc(CN3CC[C@H](c4c[nH]c5ccccc45)C3)c2)nc1. The van der Waals surface area contributed by atoms with Crippen LogP contribution in [0.25, 0.3) is 10.9 Å². The summed E-state index contributed by atoms with van der Waals surface area (Å²) in [6.45, 7) is 3.15. The van der Waals surface area contributed by atoms with Crippen LogP contribution in [0.2, 0.25) is 0 Å². The molecule has 2 aromatic heterocycles. The van der Waals surface area contributed by atoms with Crippen LogP contribution in [0.1, 0.15) is 23.5 Å². The fourth-order valence-electron chi connectivity index (χ4n) is 4.16. The van der Waals surface area contributed by atoms with Gasteiger partial charge in [0.1, 0.15) is 5.75 Å². The van der Waals surface area contributed by atoms with Crippen LogP contribution in [0.15, 0.2) is 79.1 Å². The first kappa shape index (κ1) is 17.0. The molecule has 1 atom stereocenters. The molecule has 0 aliphatic carbocycles. The zero-order chi connectivity index (χ0) is 18.8. The first-order chi connectivity index (χ1) is 13.8. The van der Waals surface area contributed by atoms with E-state index in [-0.39, 0.29) is 0 Å². The summed E-state index contributed by atoms with van der Waals surface area (Å²) < 4.78 is 5.88. The van der Waals surface area contributed by atoms with Crippen LogP contribution in [0.5, 0.6) is 11.6 Å². The molecule has 0 saturated carbocycles. The summed E-state index contributed by atoms with van der Waals surface area (Å²) in [6.07, 6.45) is 5.14. The number of aromatic amines is 1. The summed E-state index contributed by atoms with van der Waals surface area (Å²) in [7, 11) is 0. The van der Waals surface area contributed by atoms with Crippen molar-refractivity contribution in [1.29, 1.82) is 0 Å². The molecule has 4 aromatic rings. The monoisotopic (exact) mass is 369 g/mol. The van der Waals surface area contributed by atoms with Crippen LogP contribution in [-0.2, 0) is 6.54 Å². The second-order valence-electron chi connectivity index (χ2n) is 7.43. The topological polar surface area (TPSA) is 41.1 Å². The van der Waals surface area contributed by atoms with Crippen LogP contribution in [0, 0.1) is 0 Å². The Morgan fingerprint density at radius 3 is 2.89 bits per heavy atom. The minimum absolute atomic E-state index is 0.587. The minimum atomic E-state index is 0.587. The van der Waals surface area contributed by atoms with E-state index in [4.69, 9.17) is 4.74 Å². The largest absolute Gasteiger partial charge is 0.439 e. The molecular weight excluding hydrogens is 346 g/mol. The van der Waals surface area contributed by atoms with E-state index in [1.807, 2.05) is 24.3 Å². The van der Waals surface area contributed by atoms with Crippen molar-refractivity contribution in [2.75, 3.05) is 13.1 Å². The maximum Gasteiger partial charge on any atom is 0.219 e. The van der Waals surface area contributed by atoms with Crippen molar-refractivity contribution in [1.82, 2.24) is 14.9 Å². The summed E-state index contributed by atoms with van der Waals surface area (Å²) in [5, 5.41) is 1.36. The average molecular weight is 369 g/mol. The fourth-order valence-corrected chi connectivity index (χ4v) is 4.16. The molecule has 4 heteroatoms. The number of nitrogens with one attached hydrogen (secondary N) is 1. The predicted octanol–water partition coefficient (Wildman–Crippen LogP) is 5.34. The Morgan fingerprint density at radius 2 is 1.96 bits per heavy atom. The maximum atomic E-state index is 5.88. The third kappa shape index (κ3) is 3.51. The molecule has 1 aliphatic heterocycles. The van der Waals surface area contributed by atoms with Crippen LogP contribution in [-0.4, -0.2) is 28.0 Å². The van der Waals surface area contributed by atoms with Crippen molar-refractivity contribution in [3.05, 3.63) is 90.3 Å². The van der Waals surface area contributed by atoms with Gasteiger partial charge < -0.3 is 9.72 Å². The number of likely N-dealkylation sites (tertiary alicyclic amines) is 1. The third-order valence-electron chi connectivity index (χ3n) is 5.50. The number of ether oxygens (including phenoxy) is 1. The number of rotatable bonds is 5. The highest BCUT2D eigenvalue weighted by Gasteiger charge is 2.25. The summed E-state index contributed by atoms with van der Waals surface area (Å²) >= 11 is 0. The van der Waals surface area contributed by atoms with E-state index >= 15 is 0 Å². The van der Waals surface area contributed by atoms with Gasteiger partial charge >= 0.3 is 0 Å². The van der Waals surface area contributed by atoms with E-state index in [1.54, 1.807) is 6.20 Å². The van der Waals surface area contributed by atoms with Crippen LogP contribution in [0.4, 0.5) is 0 Å². The molecule has 3 heterocycles. The number of hydrogen-bond acceptors (Lipinski definition) is 3. The van der Waals surface area contributed by atoms with E-state index in [2.05, 4.69) is 63.5 Å². The minimum Gasteiger partial charge on any atom is -0.439 e. The average Bonchev–Trinajstić information content (AvgIpc) is 3.36. The Kier molecular flexibility index (Phi) is 4.55. The van der Waals surface area contributed by atoms with E-state index in [0.717, 1.165) is 25.4 Å². The van der Waals surface area contributed by atoms with Gasteiger partial charge in [0.15, 0.2) is 0 Å². The van der Waals surface area contributed by atoms with Gasteiger partial charge in [-0.15, -0.1) is 0 Å². The van der Waals surface area contributed by atoms with Crippen molar-refractivity contribution in [3.8, 4) is 11.6 Å². The molecule has 0 amide bonds. The highest BCUT2D eigenvalue weighted by Crippen LogP contribution is 2.33. The number of H-pyrrole nitrogens is 1. The molecule has 1 aliphatic rings. The van der Waals surface area contributed by atoms with Crippen molar-refractivity contribution in [3.63, 3.8) is 0 Å². The Labute approximate surface area is 164 Å². The van der Waals surface area contributed by atoms with Gasteiger partial charge in [-0.05, 0) is 54.3 Å². The third-order valence-corrected chi connectivity index (χ3v) is 5.50. The summed E-state index contributed by atoms with van der Waals surface area (Å²) in [5.74, 6) is 2.05. The Balaban J connectivity index is 1.27. The molecule has 4 nitrogen and oxygen atoms in total. The van der Waals surface area contributed by atoms with Gasteiger partial charge in [0, 0.05) is 42.5 Å². The molecule has 0 bridgehead atoms. The number of aromatic nitrogens is 2. The zero-order valence-electron chi connectivity index (χ0n) is 15.7. The van der Waals surface area contributed by atoms with Gasteiger partial charge in [0.05, 0.1) is 0 Å². The van der Waals surface area contributed by atoms with Crippen molar-refractivity contribution < 1.29 is 4.74 Å². The molecule has 1 N–H and O–H groups in total. The predicted molar refractivity (Wildman–Crippen MR) is 112 cm³/mol. The molecule has 5 rings (SSSR count). The lowest BCUT2D eigenvalue weighted by Crippen LogP contribution is -2.19. The molecule has 0 unspecified atom stereocenters. The van der Waals surface area contributed by atoms with E-state index in [0.29, 0.717) is 11.8 Å². The lowest BCUT2D eigenvalue weighted by molar-refractivity contribution is 0.326. The van der Waals surface area contributed by atoms with E-state index in [9.17, 15) is 0 Å². The normalized spacial score (nSPS) is 17.2. The summed E-state index contributed by atoms with van der Waals surface area (Å²) in [6, 6.07) is 22.6. The molecule has 1 saturated heterocycles. The van der Waals surface area contributed by atoms with Crippen molar-refractivity contribution >= 4 is 10.9 Å². The maximum absolute atomic E-state index is 5.88. The number of para-hydroxylation sites is 1. The quantitative estimate of drug-likeness (QED) is 0.516. The lowest BCUT2D eigenvalue weighted by atomic mass is 9.98. The highest BCUT2D eigenvalue weighted by molar-refractivity contribution is 5.83. The van der Waals surface area contributed by atoms with Crippen LogP contribution >= 0.6 is 0 Å². The molecule has 2 aromatic carbocycles. The highest BCUT2D eigenvalue weighted by atomic mass is 16.5. The molecule has 1 fully saturated rings. The standard InChI is InChI=1S/C24H23N3O/c1-2-9-23-21(8-1)22(15-26-23)19-11-13-27(17-19)16-18-6-5-7-20(14-18)28-24-10-3-4-12-25-24/h1-10,12,14-15,19,26H,11,13,16-17H2/t19-/m0/s1. The number of pyridine rings is 1. The first-order valence-corrected chi connectivity index (χ1v) is 9.81. The number of fused-ring (bicyclic) bond motifs is 1. The van der Waals surface area contributed by atoms with E-state index in [1.165, 1.54) is 28.5 Å². The Hall–Kier alpha value is -3.11. The van der Waals surface area contributed by atoms with Gasteiger partial charge in [0.25, 0.3) is 0 Å². The van der Waals surface area contributed by atoms with Crippen LogP contribution < -0.4 is 4.74 Å². The van der Waals surface area contributed by atoms with Gasteiger partial charge in [-0.3, -0.25) is 4.90 Å². The van der Waals surface area contributed by atoms with Crippen molar-refractivity contribution in [2.45, 2.75) is 18.9 Å². The second kappa shape index (κ2) is 7.49. The van der Waals surface area contributed by atoms with Gasteiger partial charge in [0.2, 0.25) is 5.88 Å². The number of benzene rings is 2.